The van der Waals surface area contributed by atoms with Gasteiger partial charge in [-0.1, -0.05) is 41.4 Å². The van der Waals surface area contributed by atoms with Crippen LogP contribution in [0.3, 0.4) is 0 Å². The van der Waals surface area contributed by atoms with Crippen molar-refractivity contribution >= 4 is 52.5 Å². The van der Waals surface area contributed by atoms with Crippen LogP contribution < -0.4 is 20.9 Å². The number of ether oxygens (including phenoxy) is 1. The van der Waals surface area contributed by atoms with E-state index in [2.05, 4.69) is 16.2 Å². The summed E-state index contributed by atoms with van der Waals surface area (Å²) in [5, 5.41) is 4.20. The van der Waals surface area contributed by atoms with Crippen molar-refractivity contribution in [1.82, 2.24) is 16.2 Å². The van der Waals surface area contributed by atoms with Crippen LogP contribution in [-0.4, -0.2) is 18.1 Å². The molecule has 26 heavy (non-hydrogen) atoms. The van der Waals surface area contributed by atoms with Crippen LogP contribution in [0.15, 0.2) is 48.5 Å². The van der Waals surface area contributed by atoms with Crippen molar-refractivity contribution < 1.29 is 9.53 Å². The third kappa shape index (κ3) is 6.22. The third-order valence-electron chi connectivity index (χ3n) is 3.31. The zero-order chi connectivity index (χ0) is 18.9. The van der Waals surface area contributed by atoms with Gasteiger partial charge in [0.25, 0.3) is 5.91 Å². The second kappa shape index (κ2) is 10.0. The first kappa shape index (κ1) is 20.0. The van der Waals surface area contributed by atoms with E-state index >= 15 is 0 Å². The van der Waals surface area contributed by atoms with Gasteiger partial charge in [0.1, 0.15) is 5.75 Å². The van der Waals surface area contributed by atoms with Crippen LogP contribution >= 0.6 is 35.4 Å². The van der Waals surface area contributed by atoms with Gasteiger partial charge in [-0.05, 0) is 48.1 Å². The molecule has 2 rings (SSSR count). The molecule has 5 nitrogen and oxygen atoms in total. The molecule has 1 amide bonds. The highest BCUT2D eigenvalue weighted by Crippen LogP contribution is 2.25. The highest BCUT2D eigenvalue weighted by Gasteiger charge is 2.03. The number of carbonyl (C=O) groups is 1. The number of thiocarbonyl (C=S) groups is 1. The Morgan fingerprint density at radius 1 is 1.12 bits per heavy atom. The fraction of sp³-hybridized carbons (Fsp3) is 0.111. The average molecular weight is 410 g/mol. The van der Waals surface area contributed by atoms with Crippen LogP contribution in [0.25, 0.3) is 6.08 Å². The highest BCUT2D eigenvalue weighted by atomic mass is 35.5. The van der Waals surface area contributed by atoms with Gasteiger partial charge in [0.15, 0.2) is 5.11 Å². The van der Waals surface area contributed by atoms with E-state index in [9.17, 15) is 4.79 Å². The Balaban J connectivity index is 1.77. The maximum Gasteiger partial charge on any atom is 0.262 e. The maximum atomic E-state index is 11.8. The van der Waals surface area contributed by atoms with Gasteiger partial charge in [-0.2, -0.15) is 0 Å². The van der Waals surface area contributed by atoms with Gasteiger partial charge in [-0.25, -0.2) is 0 Å². The van der Waals surface area contributed by atoms with Gasteiger partial charge < -0.3 is 10.1 Å². The van der Waals surface area contributed by atoms with E-state index < -0.39 is 5.91 Å². The van der Waals surface area contributed by atoms with Crippen molar-refractivity contribution in [2.45, 2.75) is 6.54 Å². The van der Waals surface area contributed by atoms with E-state index in [0.29, 0.717) is 27.3 Å². The molecule has 0 radical (unpaired) electrons. The van der Waals surface area contributed by atoms with Crippen molar-refractivity contribution in [2.24, 2.45) is 0 Å². The van der Waals surface area contributed by atoms with E-state index in [4.69, 9.17) is 40.2 Å². The van der Waals surface area contributed by atoms with E-state index in [1.54, 1.807) is 25.3 Å². The summed E-state index contributed by atoms with van der Waals surface area (Å²) < 4.78 is 5.10. The molecule has 0 saturated heterocycles. The minimum atomic E-state index is -0.394. The monoisotopic (exact) mass is 409 g/mol. The van der Waals surface area contributed by atoms with Crippen molar-refractivity contribution in [2.75, 3.05) is 7.11 Å². The van der Waals surface area contributed by atoms with Crippen LogP contribution in [0, 0.1) is 0 Å². The number of hydrogen-bond acceptors (Lipinski definition) is 3. The quantitative estimate of drug-likeness (QED) is 0.399. The van der Waals surface area contributed by atoms with Gasteiger partial charge in [-0.3, -0.25) is 15.6 Å². The lowest BCUT2D eigenvalue weighted by atomic mass is 10.2. The van der Waals surface area contributed by atoms with E-state index in [1.165, 1.54) is 12.2 Å². The molecule has 0 saturated carbocycles. The Bertz CT molecular complexity index is 790. The first-order valence-electron chi connectivity index (χ1n) is 7.58. The number of benzene rings is 2. The summed E-state index contributed by atoms with van der Waals surface area (Å²) in [4.78, 5) is 11.8. The Morgan fingerprint density at radius 3 is 2.38 bits per heavy atom. The number of halogens is 2. The SMILES string of the molecule is COc1ccc(CNC(=S)NNC(=O)/C=C/c2c(Cl)cccc2Cl)cc1. The molecule has 0 spiro atoms. The lowest BCUT2D eigenvalue weighted by Crippen LogP contribution is -2.45. The molecule has 0 unspecified atom stereocenters. The molecule has 0 aliphatic carbocycles. The molecule has 8 heteroatoms. The van der Waals surface area contributed by atoms with Crippen molar-refractivity contribution in [1.29, 1.82) is 0 Å². The average Bonchev–Trinajstić information content (AvgIpc) is 2.64. The molecule has 0 heterocycles. The smallest absolute Gasteiger partial charge is 0.262 e. The second-order valence-corrected chi connectivity index (χ2v) is 6.34. The first-order chi connectivity index (χ1) is 12.5. The standard InChI is InChI=1S/C18H17Cl2N3O2S/c1-25-13-7-5-12(6-8-13)11-21-18(26)23-22-17(24)10-9-14-15(19)3-2-4-16(14)20/h2-10H,11H2,1H3,(H,22,24)(H2,21,23,26)/b10-9+. The predicted octanol–water partition coefficient (Wildman–Crippen LogP) is 3.71. The van der Waals surface area contributed by atoms with Gasteiger partial charge >= 0.3 is 0 Å². The number of hydrazine groups is 1. The van der Waals surface area contributed by atoms with E-state index in [0.717, 1.165) is 11.3 Å². The molecule has 3 N–H and O–H groups in total. The van der Waals surface area contributed by atoms with Crippen LogP contribution in [0.1, 0.15) is 11.1 Å². The number of hydrogen-bond donors (Lipinski definition) is 3. The lowest BCUT2D eigenvalue weighted by molar-refractivity contribution is -0.116. The summed E-state index contributed by atoms with van der Waals surface area (Å²) >= 11 is 17.2. The van der Waals surface area contributed by atoms with Gasteiger partial charge in [0.2, 0.25) is 0 Å². The van der Waals surface area contributed by atoms with Gasteiger partial charge in [0.05, 0.1) is 7.11 Å². The fourth-order valence-electron chi connectivity index (χ4n) is 1.96. The maximum absolute atomic E-state index is 11.8. The second-order valence-electron chi connectivity index (χ2n) is 5.11. The zero-order valence-corrected chi connectivity index (χ0v) is 16.2. The third-order valence-corrected chi connectivity index (χ3v) is 4.22. The predicted molar refractivity (Wildman–Crippen MR) is 109 cm³/mol. The number of rotatable bonds is 5. The zero-order valence-electron chi connectivity index (χ0n) is 13.9. The number of nitrogens with one attached hydrogen (secondary N) is 3. The Hall–Kier alpha value is -2.28. The molecule has 0 aliphatic heterocycles. The van der Waals surface area contributed by atoms with E-state index in [1.807, 2.05) is 24.3 Å². The van der Waals surface area contributed by atoms with Crippen LogP contribution in [0.5, 0.6) is 5.75 Å². The molecular weight excluding hydrogens is 393 g/mol. The van der Waals surface area contributed by atoms with Gasteiger partial charge in [0, 0.05) is 28.2 Å². The highest BCUT2D eigenvalue weighted by molar-refractivity contribution is 7.80. The molecule has 2 aromatic rings. The molecule has 136 valence electrons. The van der Waals surface area contributed by atoms with Crippen molar-refractivity contribution in [3.63, 3.8) is 0 Å². The summed E-state index contributed by atoms with van der Waals surface area (Å²) in [6, 6.07) is 12.7. The normalized spacial score (nSPS) is 10.4. The number of methoxy groups -OCH3 is 1. The number of carbonyl (C=O) groups excluding carboxylic acids is 1. The summed E-state index contributed by atoms with van der Waals surface area (Å²) in [5.74, 6) is 0.390. The van der Waals surface area contributed by atoms with Crippen LogP contribution in [0.2, 0.25) is 10.0 Å². The summed E-state index contributed by atoms with van der Waals surface area (Å²) in [6.07, 6.45) is 2.85. The Morgan fingerprint density at radius 2 is 1.77 bits per heavy atom. The van der Waals surface area contributed by atoms with Gasteiger partial charge in [-0.15, -0.1) is 0 Å². The molecule has 0 fully saturated rings. The van der Waals surface area contributed by atoms with Crippen molar-refractivity contribution in [3.05, 3.63) is 69.7 Å². The number of amides is 1. The molecule has 0 aromatic heterocycles. The minimum Gasteiger partial charge on any atom is -0.497 e. The van der Waals surface area contributed by atoms with Crippen LogP contribution in [0.4, 0.5) is 0 Å². The van der Waals surface area contributed by atoms with Crippen LogP contribution in [-0.2, 0) is 11.3 Å². The lowest BCUT2D eigenvalue weighted by Gasteiger charge is -2.11. The minimum absolute atomic E-state index is 0.290. The molecule has 0 atom stereocenters. The molecule has 2 aromatic carbocycles. The Labute approximate surface area is 167 Å². The topological polar surface area (TPSA) is 62.4 Å². The molecule has 0 aliphatic rings. The first-order valence-corrected chi connectivity index (χ1v) is 8.75. The summed E-state index contributed by atoms with van der Waals surface area (Å²) in [5.41, 5.74) is 6.68. The largest absolute Gasteiger partial charge is 0.497 e. The van der Waals surface area contributed by atoms with Crippen molar-refractivity contribution in [3.8, 4) is 5.75 Å². The Kier molecular flexibility index (Phi) is 7.72. The fourth-order valence-corrected chi connectivity index (χ4v) is 2.61. The summed E-state index contributed by atoms with van der Waals surface area (Å²) in [6.45, 7) is 0.511. The van der Waals surface area contributed by atoms with E-state index in [-0.39, 0.29) is 0 Å². The summed E-state index contributed by atoms with van der Waals surface area (Å²) in [7, 11) is 1.61. The molecular formula is C18H17Cl2N3O2S. The molecule has 0 bridgehead atoms.